The lowest BCUT2D eigenvalue weighted by Gasteiger charge is -2.24. The van der Waals surface area contributed by atoms with Gasteiger partial charge in [0.2, 0.25) is 5.91 Å². The summed E-state index contributed by atoms with van der Waals surface area (Å²) in [5.74, 6) is 1.63. The Kier molecular flexibility index (Phi) is 4.84. The molecule has 0 aromatic rings. The average molecular weight is 238 g/mol. The van der Waals surface area contributed by atoms with Crippen LogP contribution >= 0.6 is 0 Å². The Hall–Kier alpha value is -0.570. The first kappa shape index (κ1) is 12.9. The highest BCUT2D eigenvalue weighted by Crippen LogP contribution is 2.31. The average Bonchev–Trinajstić information content (AvgIpc) is 3.14. The van der Waals surface area contributed by atoms with E-state index < -0.39 is 0 Å². The van der Waals surface area contributed by atoms with Crippen molar-refractivity contribution in [2.45, 2.75) is 63.8 Å². The molecule has 0 aromatic carbocycles. The Morgan fingerprint density at radius 2 is 1.82 bits per heavy atom. The van der Waals surface area contributed by atoms with Crippen molar-refractivity contribution in [2.24, 2.45) is 17.6 Å². The van der Waals surface area contributed by atoms with E-state index in [1.165, 1.54) is 44.9 Å². The van der Waals surface area contributed by atoms with Crippen LogP contribution in [0.4, 0.5) is 0 Å². The summed E-state index contributed by atoms with van der Waals surface area (Å²) in [7, 11) is 0. The van der Waals surface area contributed by atoms with Gasteiger partial charge in [-0.25, -0.2) is 0 Å². The molecule has 17 heavy (non-hydrogen) atoms. The largest absolute Gasteiger partial charge is 0.355 e. The van der Waals surface area contributed by atoms with Gasteiger partial charge in [-0.2, -0.15) is 0 Å². The van der Waals surface area contributed by atoms with Crippen LogP contribution in [0.1, 0.15) is 57.8 Å². The van der Waals surface area contributed by atoms with Crippen molar-refractivity contribution in [3.63, 3.8) is 0 Å². The minimum absolute atomic E-state index is 0.0659. The van der Waals surface area contributed by atoms with Crippen LogP contribution < -0.4 is 11.1 Å². The predicted octanol–water partition coefficient (Wildman–Crippen LogP) is 2.20. The van der Waals surface area contributed by atoms with Gasteiger partial charge in [-0.15, -0.1) is 0 Å². The van der Waals surface area contributed by atoms with Crippen LogP contribution in [0, 0.1) is 11.8 Å². The quantitative estimate of drug-likeness (QED) is 0.745. The van der Waals surface area contributed by atoms with Crippen LogP contribution in [-0.2, 0) is 4.79 Å². The lowest BCUT2D eigenvalue weighted by atomic mass is 9.85. The van der Waals surface area contributed by atoms with Gasteiger partial charge in [0.15, 0.2) is 0 Å². The summed E-state index contributed by atoms with van der Waals surface area (Å²) in [5.41, 5.74) is 5.97. The molecular formula is C14H26N2O. The van der Waals surface area contributed by atoms with E-state index in [1.807, 2.05) is 0 Å². The zero-order valence-corrected chi connectivity index (χ0v) is 10.8. The molecule has 0 saturated heterocycles. The second-order valence-corrected chi connectivity index (χ2v) is 5.87. The van der Waals surface area contributed by atoms with Gasteiger partial charge in [-0.1, -0.05) is 44.9 Å². The van der Waals surface area contributed by atoms with Crippen LogP contribution in [0.15, 0.2) is 0 Å². The minimum atomic E-state index is -0.280. The van der Waals surface area contributed by atoms with Crippen LogP contribution in [0.5, 0.6) is 0 Å². The van der Waals surface area contributed by atoms with Crippen molar-refractivity contribution >= 4 is 5.91 Å². The van der Waals surface area contributed by atoms with E-state index in [4.69, 9.17) is 5.73 Å². The second kappa shape index (κ2) is 6.39. The SMILES string of the molecule is NC(CC1CCCCC1)C(=O)NCCC1CC1. The zero-order valence-electron chi connectivity index (χ0n) is 10.8. The smallest absolute Gasteiger partial charge is 0.236 e. The summed E-state index contributed by atoms with van der Waals surface area (Å²) in [5, 5.41) is 2.98. The van der Waals surface area contributed by atoms with Crippen molar-refractivity contribution in [3.8, 4) is 0 Å². The van der Waals surface area contributed by atoms with Gasteiger partial charge in [0, 0.05) is 6.54 Å². The molecular weight excluding hydrogens is 212 g/mol. The van der Waals surface area contributed by atoms with Gasteiger partial charge >= 0.3 is 0 Å². The Labute approximate surface area is 105 Å². The van der Waals surface area contributed by atoms with Crippen molar-refractivity contribution in [1.82, 2.24) is 5.32 Å². The standard InChI is InChI=1S/C14H26N2O/c15-13(10-12-4-2-1-3-5-12)14(17)16-9-8-11-6-7-11/h11-13H,1-10,15H2,(H,16,17). The fourth-order valence-electron chi connectivity index (χ4n) is 2.83. The van der Waals surface area contributed by atoms with Gasteiger partial charge in [-0.3, -0.25) is 4.79 Å². The van der Waals surface area contributed by atoms with E-state index >= 15 is 0 Å². The fraction of sp³-hybridized carbons (Fsp3) is 0.929. The van der Waals surface area contributed by atoms with Gasteiger partial charge in [0.25, 0.3) is 0 Å². The topological polar surface area (TPSA) is 55.1 Å². The Morgan fingerprint density at radius 3 is 2.47 bits per heavy atom. The highest BCUT2D eigenvalue weighted by atomic mass is 16.2. The fourth-order valence-corrected chi connectivity index (χ4v) is 2.83. The molecule has 2 saturated carbocycles. The Morgan fingerprint density at radius 1 is 1.12 bits per heavy atom. The molecule has 0 aliphatic heterocycles. The summed E-state index contributed by atoms with van der Waals surface area (Å²) < 4.78 is 0. The number of carbonyl (C=O) groups excluding carboxylic acids is 1. The highest BCUT2D eigenvalue weighted by Gasteiger charge is 2.23. The molecule has 0 aromatic heterocycles. The van der Waals surface area contributed by atoms with E-state index in [2.05, 4.69) is 5.32 Å². The molecule has 1 amide bonds. The van der Waals surface area contributed by atoms with Crippen molar-refractivity contribution in [1.29, 1.82) is 0 Å². The number of amides is 1. The number of hydrogen-bond acceptors (Lipinski definition) is 2. The molecule has 0 heterocycles. The van der Waals surface area contributed by atoms with Gasteiger partial charge in [0.1, 0.15) is 0 Å². The lowest BCUT2D eigenvalue weighted by molar-refractivity contribution is -0.122. The van der Waals surface area contributed by atoms with Crippen LogP contribution in [0.25, 0.3) is 0 Å². The molecule has 0 radical (unpaired) electrons. The number of hydrogen-bond donors (Lipinski definition) is 2. The molecule has 3 N–H and O–H groups in total. The zero-order chi connectivity index (χ0) is 12.1. The van der Waals surface area contributed by atoms with Gasteiger partial charge in [-0.05, 0) is 24.7 Å². The third-order valence-corrected chi connectivity index (χ3v) is 4.20. The molecule has 2 rings (SSSR count). The van der Waals surface area contributed by atoms with Crippen LogP contribution in [-0.4, -0.2) is 18.5 Å². The van der Waals surface area contributed by atoms with Crippen LogP contribution in [0.2, 0.25) is 0 Å². The lowest BCUT2D eigenvalue weighted by Crippen LogP contribution is -2.42. The van der Waals surface area contributed by atoms with Crippen molar-refractivity contribution in [3.05, 3.63) is 0 Å². The maximum Gasteiger partial charge on any atom is 0.236 e. The van der Waals surface area contributed by atoms with Gasteiger partial charge in [0.05, 0.1) is 6.04 Å². The monoisotopic (exact) mass is 238 g/mol. The third-order valence-electron chi connectivity index (χ3n) is 4.20. The third kappa shape index (κ3) is 4.66. The molecule has 1 unspecified atom stereocenters. The van der Waals surface area contributed by atoms with E-state index in [1.54, 1.807) is 0 Å². The number of rotatable bonds is 6. The molecule has 2 aliphatic rings. The summed E-state index contributed by atoms with van der Waals surface area (Å²) in [6.45, 7) is 0.821. The Balaban J connectivity index is 1.59. The van der Waals surface area contributed by atoms with E-state index in [0.717, 1.165) is 25.3 Å². The first-order valence-electron chi connectivity index (χ1n) is 7.29. The van der Waals surface area contributed by atoms with E-state index in [-0.39, 0.29) is 11.9 Å². The van der Waals surface area contributed by atoms with Crippen LogP contribution in [0.3, 0.4) is 0 Å². The van der Waals surface area contributed by atoms with Gasteiger partial charge < -0.3 is 11.1 Å². The molecule has 3 heteroatoms. The maximum absolute atomic E-state index is 11.8. The molecule has 0 bridgehead atoms. The normalized spacial score (nSPS) is 23.4. The first-order chi connectivity index (χ1) is 8.25. The minimum Gasteiger partial charge on any atom is -0.355 e. The predicted molar refractivity (Wildman–Crippen MR) is 69.5 cm³/mol. The Bertz CT molecular complexity index is 245. The second-order valence-electron chi connectivity index (χ2n) is 5.87. The molecule has 98 valence electrons. The van der Waals surface area contributed by atoms with Crippen molar-refractivity contribution < 1.29 is 4.79 Å². The summed E-state index contributed by atoms with van der Waals surface area (Å²) in [6.07, 6.45) is 11.3. The molecule has 2 fully saturated rings. The highest BCUT2D eigenvalue weighted by molar-refractivity contribution is 5.81. The number of nitrogens with two attached hydrogens (primary N) is 1. The molecule has 2 aliphatic carbocycles. The first-order valence-corrected chi connectivity index (χ1v) is 7.29. The summed E-state index contributed by atoms with van der Waals surface area (Å²) >= 11 is 0. The van der Waals surface area contributed by atoms with Crippen molar-refractivity contribution in [2.75, 3.05) is 6.54 Å². The summed E-state index contributed by atoms with van der Waals surface area (Å²) in [4.78, 5) is 11.8. The molecule has 3 nitrogen and oxygen atoms in total. The molecule has 1 atom stereocenters. The summed E-state index contributed by atoms with van der Waals surface area (Å²) in [6, 6.07) is -0.280. The molecule has 0 spiro atoms. The number of carbonyl (C=O) groups is 1. The maximum atomic E-state index is 11.8. The van der Waals surface area contributed by atoms with E-state index in [0.29, 0.717) is 5.92 Å². The number of nitrogens with one attached hydrogen (secondary N) is 1. The van der Waals surface area contributed by atoms with E-state index in [9.17, 15) is 4.79 Å².